The number of nitrogens with zero attached hydrogens (tertiary/aromatic N) is 3. The van der Waals surface area contributed by atoms with E-state index in [4.69, 9.17) is 32.7 Å². The molecule has 0 bridgehead atoms. The van der Waals surface area contributed by atoms with E-state index in [0.29, 0.717) is 28.4 Å². The summed E-state index contributed by atoms with van der Waals surface area (Å²) in [5.41, 5.74) is 0.514. The number of anilines is 1. The zero-order chi connectivity index (χ0) is 26.6. The summed E-state index contributed by atoms with van der Waals surface area (Å²) in [6, 6.07) is 9.64. The van der Waals surface area contributed by atoms with Crippen LogP contribution in [-0.4, -0.2) is 45.8 Å². The Labute approximate surface area is 240 Å². The number of rotatable bonds is 8. The Morgan fingerprint density at radius 3 is 2.84 bits per heavy atom. The fraction of sp³-hybridized carbons (Fsp3) is 0.200. The molecule has 196 valence electrons. The van der Waals surface area contributed by atoms with Crippen molar-refractivity contribution < 1.29 is 19.1 Å². The molecule has 4 aromatic rings. The molecule has 0 saturated carbocycles. The van der Waals surface area contributed by atoms with E-state index in [1.54, 1.807) is 29.6 Å². The highest BCUT2D eigenvalue weighted by Gasteiger charge is 2.25. The number of thiophene rings is 1. The highest BCUT2D eigenvalue weighted by molar-refractivity contribution is 9.10. The molecular weight excluding hydrogens is 617 g/mol. The maximum Gasteiger partial charge on any atom is 0.274 e. The topological polar surface area (TPSA) is 107 Å². The van der Waals surface area contributed by atoms with Crippen LogP contribution in [0.25, 0.3) is 5.82 Å². The number of amides is 2. The van der Waals surface area contributed by atoms with Gasteiger partial charge in [0.05, 0.1) is 22.4 Å². The molecule has 1 aliphatic rings. The summed E-state index contributed by atoms with van der Waals surface area (Å²) in [6.07, 6.45) is 3.32. The lowest BCUT2D eigenvalue weighted by atomic mass is 10.1. The third kappa shape index (κ3) is 6.02. The summed E-state index contributed by atoms with van der Waals surface area (Å²) < 4.78 is 13.1. The van der Waals surface area contributed by atoms with E-state index in [0.717, 1.165) is 12.8 Å². The monoisotopic (exact) mass is 635 g/mol. The van der Waals surface area contributed by atoms with Gasteiger partial charge in [0.1, 0.15) is 11.4 Å². The van der Waals surface area contributed by atoms with Crippen LogP contribution in [0.15, 0.2) is 57.8 Å². The Bertz CT molecular complexity index is 1470. The van der Waals surface area contributed by atoms with E-state index in [1.165, 1.54) is 34.3 Å². The molecule has 9 nitrogen and oxygen atoms in total. The number of nitrogens with one attached hydrogen (secondary N) is 2. The fourth-order valence-electron chi connectivity index (χ4n) is 3.86. The Morgan fingerprint density at radius 1 is 1.24 bits per heavy atom. The predicted octanol–water partition coefficient (Wildman–Crippen LogP) is 6.35. The Hall–Kier alpha value is -2.96. The third-order valence-electron chi connectivity index (χ3n) is 5.63. The van der Waals surface area contributed by atoms with Gasteiger partial charge >= 0.3 is 0 Å². The molecule has 2 amide bonds. The van der Waals surface area contributed by atoms with E-state index < -0.39 is 11.8 Å². The molecule has 0 aliphatic carbocycles. The van der Waals surface area contributed by atoms with E-state index in [-0.39, 0.29) is 39.8 Å². The second-order valence-corrected chi connectivity index (χ2v) is 10.7. The molecule has 0 radical (unpaired) electrons. The smallest absolute Gasteiger partial charge is 0.274 e. The molecule has 5 rings (SSSR count). The van der Waals surface area contributed by atoms with Crippen LogP contribution in [0.3, 0.4) is 0 Å². The summed E-state index contributed by atoms with van der Waals surface area (Å²) in [5, 5.41) is 14.4. The summed E-state index contributed by atoms with van der Waals surface area (Å²) >= 11 is 17.5. The van der Waals surface area contributed by atoms with Gasteiger partial charge in [-0.2, -0.15) is 0 Å². The maximum atomic E-state index is 13.6. The minimum atomic E-state index is -0.574. The average Bonchev–Trinajstić information content (AvgIpc) is 3.67. The first-order valence-electron chi connectivity index (χ1n) is 11.5. The van der Waals surface area contributed by atoms with Crippen molar-refractivity contribution in [2.75, 3.05) is 18.5 Å². The second kappa shape index (κ2) is 11.8. The lowest BCUT2D eigenvalue weighted by Crippen LogP contribution is -2.32. The quantitative estimate of drug-likeness (QED) is 0.233. The van der Waals surface area contributed by atoms with E-state index in [2.05, 4.69) is 36.6 Å². The average molecular weight is 637 g/mol. The molecule has 4 heterocycles. The molecule has 3 aromatic heterocycles. The first-order chi connectivity index (χ1) is 18.4. The van der Waals surface area contributed by atoms with Crippen molar-refractivity contribution in [3.8, 4) is 17.4 Å². The molecule has 1 unspecified atom stereocenters. The summed E-state index contributed by atoms with van der Waals surface area (Å²) in [4.78, 5) is 31.0. The van der Waals surface area contributed by atoms with E-state index in [1.807, 2.05) is 5.38 Å². The van der Waals surface area contributed by atoms with Gasteiger partial charge in [0.15, 0.2) is 5.82 Å². The third-order valence-corrected chi connectivity index (χ3v) is 7.43. The number of benzene rings is 1. The van der Waals surface area contributed by atoms with Crippen LogP contribution in [-0.2, 0) is 4.74 Å². The van der Waals surface area contributed by atoms with Gasteiger partial charge in [-0.3, -0.25) is 9.59 Å². The number of carbonyl (C=O) groups excluding carboxylic acids is 2. The van der Waals surface area contributed by atoms with Crippen LogP contribution in [0.1, 0.15) is 33.7 Å². The molecule has 38 heavy (non-hydrogen) atoms. The number of ether oxygens (including phenoxy) is 2. The van der Waals surface area contributed by atoms with E-state index in [9.17, 15) is 9.59 Å². The lowest BCUT2D eigenvalue weighted by Gasteiger charge is -2.16. The number of hydrogen-bond acceptors (Lipinski definition) is 7. The van der Waals surface area contributed by atoms with Crippen molar-refractivity contribution in [2.45, 2.75) is 18.9 Å². The van der Waals surface area contributed by atoms with Crippen molar-refractivity contribution in [3.05, 3.63) is 79.1 Å². The van der Waals surface area contributed by atoms with E-state index >= 15 is 0 Å². The zero-order valence-corrected chi connectivity index (χ0v) is 23.5. The highest BCUT2D eigenvalue weighted by atomic mass is 79.9. The van der Waals surface area contributed by atoms with Gasteiger partial charge in [0, 0.05) is 40.3 Å². The van der Waals surface area contributed by atoms with Crippen molar-refractivity contribution >= 4 is 68.0 Å². The minimum Gasteiger partial charge on any atom is -0.437 e. The van der Waals surface area contributed by atoms with Crippen LogP contribution in [0, 0.1) is 0 Å². The van der Waals surface area contributed by atoms with Crippen LogP contribution >= 0.6 is 50.5 Å². The minimum absolute atomic E-state index is 0.0428. The summed E-state index contributed by atoms with van der Waals surface area (Å²) in [6.45, 7) is 1.03. The van der Waals surface area contributed by atoms with Crippen LogP contribution in [0.5, 0.6) is 11.6 Å². The Kier molecular flexibility index (Phi) is 8.29. The van der Waals surface area contributed by atoms with Gasteiger partial charge in [-0.15, -0.1) is 16.4 Å². The second-order valence-electron chi connectivity index (χ2n) is 8.26. The zero-order valence-electron chi connectivity index (χ0n) is 19.6. The van der Waals surface area contributed by atoms with Crippen molar-refractivity contribution in [1.29, 1.82) is 0 Å². The predicted molar refractivity (Wildman–Crippen MR) is 149 cm³/mol. The Morgan fingerprint density at radius 2 is 2.11 bits per heavy atom. The molecule has 2 N–H and O–H groups in total. The normalized spacial score (nSPS) is 14.9. The molecule has 1 saturated heterocycles. The van der Waals surface area contributed by atoms with Gasteiger partial charge in [-0.25, -0.2) is 9.67 Å². The number of hydrogen-bond donors (Lipinski definition) is 2. The standard InChI is InChI=1S/C25H20BrCl2N5O4S/c26-18-10-14(27)9-17(24(34)30-12-15-3-2-7-36-15)22(18)31-25(35)20-11-21(37-16-5-8-38-13-16)32-33(20)23-19(28)4-1-6-29-23/h1,4-6,8-11,13,15H,2-3,7,12H2,(H,30,34)(H,31,35). The number of pyridine rings is 1. The molecular formula is C25H20BrCl2N5O4S. The van der Waals surface area contributed by atoms with Crippen molar-refractivity contribution in [2.24, 2.45) is 0 Å². The first kappa shape index (κ1) is 26.6. The summed E-state index contributed by atoms with van der Waals surface area (Å²) in [7, 11) is 0. The largest absolute Gasteiger partial charge is 0.437 e. The van der Waals surface area contributed by atoms with Crippen molar-refractivity contribution in [1.82, 2.24) is 20.1 Å². The van der Waals surface area contributed by atoms with Gasteiger partial charge < -0.3 is 20.1 Å². The van der Waals surface area contributed by atoms with Gasteiger partial charge in [0.25, 0.3) is 11.8 Å². The molecule has 1 aliphatic heterocycles. The first-order valence-corrected chi connectivity index (χ1v) is 14.0. The SMILES string of the molecule is O=C(NCC1CCCO1)c1cc(Cl)cc(Br)c1NC(=O)c1cc(Oc2ccsc2)nn1-c1ncccc1Cl. The van der Waals surface area contributed by atoms with Gasteiger partial charge in [-0.05, 0) is 64.5 Å². The number of halogens is 3. The van der Waals surface area contributed by atoms with Crippen LogP contribution in [0.2, 0.25) is 10.0 Å². The lowest BCUT2D eigenvalue weighted by molar-refractivity contribution is 0.0858. The van der Waals surface area contributed by atoms with Gasteiger partial charge in [-0.1, -0.05) is 23.2 Å². The molecule has 1 atom stereocenters. The van der Waals surface area contributed by atoms with Crippen molar-refractivity contribution in [3.63, 3.8) is 0 Å². The summed E-state index contributed by atoms with van der Waals surface area (Å²) in [5.74, 6) is 0.00544. The number of carbonyl (C=O) groups is 2. The molecule has 1 fully saturated rings. The molecule has 1 aromatic carbocycles. The van der Waals surface area contributed by atoms with Gasteiger partial charge in [0.2, 0.25) is 5.88 Å². The van der Waals surface area contributed by atoms with Crippen LogP contribution < -0.4 is 15.4 Å². The number of aromatic nitrogens is 3. The molecule has 13 heteroatoms. The Balaban J connectivity index is 1.46. The fourth-order valence-corrected chi connectivity index (χ4v) is 5.52. The highest BCUT2D eigenvalue weighted by Crippen LogP contribution is 2.32. The maximum absolute atomic E-state index is 13.6. The molecule has 0 spiro atoms. The van der Waals surface area contributed by atoms with Crippen LogP contribution in [0.4, 0.5) is 5.69 Å².